The van der Waals surface area contributed by atoms with Crippen LogP contribution < -0.4 is 86.3 Å². The molecule has 2 aliphatic rings. The molecule has 24 N–H and O–H groups in total. The molecule has 41 nitrogen and oxygen atoms in total. The van der Waals surface area contributed by atoms with Crippen LogP contribution in [0.4, 0.5) is 0 Å². The van der Waals surface area contributed by atoms with Crippen LogP contribution in [0.25, 0.3) is 10.8 Å². The molecule has 0 spiro atoms. The Balaban J connectivity index is 1.63. The number of primary amides is 1. The normalized spacial score (nSPS) is 20.9. The van der Waals surface area contributed by atoms with Crippen molar-refractivity contribution in [1.82, 2.24) is 88.7 Å². The van der Waals surface area contributed by atoms with Crippen LogP contribution in [0, 0.1) is 0 Å². The minimum atomic E-state index is -5.22. The number of fused-ring (bicyclic) bond motifs is 1. The first-order valence-corrected chi connectivity index (χ1v) is 41.2. The van der Waals surface area contributed by atoms with Gasteiger partial charge in [-0.2, -0.15) is 8.42 Å². The second-order valence-electron chi connectivity index (χ2n) is 30.1. The summed E-state index contributed by atoms with van der Waals surface area (Å²) < 4.78 is 35.8. The lowest BCUT2D eigenvalue weighted by atomic mass is 10.00. The maximum Gasteiger partial charge on any atom is 0.317 e. The van der Waals surface area contributed by atoms with E-state index in [0.717, 1.165) is 10.8 Å². The van der Waals surface area contributed by atoms with Gasteiger partial charge >= 0.3 is 17.9 Å². The smallest absolute Gasteiger partial charge is 0.317 e. The molecule has 11 amide bonds. The van der Waals surface area contributed by atoms with Gasteiger partial charge in [0.25, 0.3) is 10.1 Å². The third-order valence-corrected chi connectivity index (χ3v) is 20.2. The van der Waals surface area contributed by atoms with Gasteiger partial charge in [0.05, 0.1) is 26.2 Å². The van der Waals surface area contributed by atoms with E-state index in [1.807, 2.05) is 45.9 Å². The third-order valence-electron chi connectivity index (χ3n) is 19.4. The molecule has 2 fully saturated rings. The number of aromatic hydroxyl groups is 1. The number of phenols is 1. The number of nitrogens with zero attached hydrogens (tertiary/aromatic N) is 4. The molecule has 3 aromatic rings. The topological polar surface area (TPSA) is 622 Å². The number of amides is 11. The maximum atomic E-state index is 15.3. The minimum absolute atomic E-state index is 0.00881. The number of carbonyl (C=O) groups is 14. The van der Waals surface area contributed by atoms with Crippen molar-refractivity contribution in [3.63, 3.8) is 0 Å². The molecule has 5 rings (SSSR count). The Morgan fingerprint density at radius 2 is 0.975 bits per heavy atom. The van der Waals surface area contributed by atoms with E-state index in [0.29, 0.717) is 37.9 Å². The molecule has 0 aromatic heterocycles. The standard InChI is InChI=1S/C76H120N20O21S/c1-46(2)80-26-10-8-15-54(67(77)106)87-72(111)57-24-25-62(98)85-60(40-83-69(108)61(45-118(115,116)117)86-63(99)41-93-29-31-94(42-64(100)101)33-35-96(44-66(104)105)36-34-95(32-30-93)43-65(102)103)75(114)92-58(38-49-19-22-53(97)23-20-49)74(113)90-55(16-9-11-27-81-47(3)4)70(109)89-56(17-12-28-82-76(78)79)71(110)91-59(73(112)84-48(5)68(107)88-57)39-50-18-21-51-13-6-7-14-52(51)37-50/h6-7,13-14,18-23,37,46-48,54-61,76,80-82,97H,8-12,15-17,24-36,38-45,78-79H2,1-5H3,(H2,77,106)(H,83,108)(H,84,112)(H,85,98)(H,86,99)(H,87,111)(H,88,107)(H,89,109)(H,90,113)(H,91,110)(H,92,114)(H,100,101)(H,102,103)(H,104,105)(H,115,116,117)/t48-,54+,55+,56-,57-,58+,59+,60?,61?/m1/s1. The fraction of sp³-hybridized carbons (Fsp3) is 0.605. The Kier molecular flexibility index (Phi) is 42.2. The van der Waals surface area contributed by atoms with Crippen LogP contribution in [0.15, 0.2) is 66.7 Å². The molecule has 0 bridgehead atoms. The van der Waals surface area contributed by atoms with E-state index in [4.69, 9.17) is 17.2 Å². The fourth-order valence-corrected chi connectivity index (χ4v) is 13.7. The quantitative estimate of drug-likeness (QED) is 0.0144. The van der Waals surface area contributed by atoms with Crippen molar-refractivity contribution in [2.24, 2.45) is 17.2 Å². The van der Waals surface area contributed by atoms with Crippen molar-refractivity contribution in [2.45, 2.75) is 184 Å². The largest absolute Gasteiger partial charge is 0.508 e. The van der Waals surface area contributed by atoms with Crippen LogP contribution in [-0.4, -0.2) is 319 Å². The van der Waals surface area contributed by atoms with E-state index in [1.165, 1.54) is 50.8 Å². The van der Waals surface area contributed by atoms with Crippen LogP contribution in [0.3, 0.4) is 0 Å². The monoisotopic (exact) mass is 1680 g/mol. The first-order valence-electron chi connectivity index (χ1n) is 39.5. The van der Waals surface area contributed by atoms with Gasteiger partial charge in [-0.3, -0.25) is 96.6 Å². The van der Waals surface area contributed by atoms with Crippen molar-refractivity contribution >= 4 is 104 Å². The zero-order valence-electron chi connectivity index (χ0n) is 67.5. The molecule has 2 heterocycles. The summed E-state index contributed by atoms with van der Waals surface area (Å²) in [6.45, 7) is 6.58. The number of aliphatic carboxylic acids is 3. The van der Waals surface area contributed by atoms with Gasteiger partial charge in [0, 0.05) is 90.2 Å². The predicted octanol–water partition coefficient (Wildman–Crippen LogP) is -5.62. The summed E-state index contributed by atoms with van der Waals surface area (Å²) in [5.41, 5.74) is 18.3. The highest BCUT2D eigenvalue weighted by molar-refractivity contribution is 7.85. The Hall–Kier alpha value is -10.2. The summed E-state index contributed by atoms with van der Waals surface area (Å²) in [4.78, 5) is 203. The number of hydrogen-bond donors (Lipinski definition) is 21. The van der Waals surface area contributed by atoms with Gasteiger partial charge in [-0.1, -0.05) is 82.3 Å². The van der Waals surface area contributed by atoms with Gasteiger partial charge in [-0.25, -0.2) is 0 Å². The predicted molar refractivity (Wildman–Crippen MR) is 432 cm³/mol. The van der Waals surface area contributed by atoms with Gasteiger partial charge < -0.3 is 101 Å². The zero-order chi connectivity index (χ0) is 87.2. The number of carboxylic acid groups (broad SMARTS) is 3. The van der Waals surface area contributed by atoms with Crippen molar-refractivity contribution in [3.05, 3.63) is 77.9 Å². The summed E-state index contributed by atoms with van der Waals surface area (Å²) in [7, 11) is -5.22. The minimum Gasteiger partial charge on any atom is -0.508 e. The number of rotatable bonds is 38. The molecule has 656 valence electrons. The summed E-state index contributed by atoms with van der Waals surface area (Å²) in [5, 5.41) is 76.0. The number of phenolic OH excluding ortho intramolecular Hbond substituents is 1. The molecular weight excluding hydrogens is 1560 g/mol. The number of carbonyl (C=O) groups excluding carboxylic acids is 11. The van der Waals surface area contributed by atoms with Gasteiger partial charge in [-0.05, 0) is 118 Å². The van der Waals surface area contributed by atoms with Crippen molar-refractivity contribution in [3.8, 4) is 5.75 Å². The van der Waals surface area contributed by atoms with Crippen molar-refractivity contribution in [2.75, 3.05) is 110 Å². The molecule has 118 heavy (non-hydrogen) atoms. The van der Waals surface area contributed by atoms with Gasteiger partial charge in [0.1, 0.15) is 72.2 Å². The fourth-order valence-electron chi connectivity index (χ4n) is 13.0. The highest BCUT2D eigenvalue weighted by atomic mass is 32.2. The molecule has 0 aliphatic carbocycles. The van der Waals surface area contributed by atoms with E-state index >= 15 is 19.2 Å². The number of benzene rings is 3. The molecule has 0 radical (unpaired) electrons. The number of nitrogens with two attached hydrogens (primary N) is 3. The molecule has 2 aliphatic heterocycles. The highest BCUT2D eigenvalue weighted by Gasteiger charge is 2.37. The summed E-state index contributed by atoms with van der Waals surface area (Å²) in [5.74, 6) is -17.1. The van der Waals surface area contributed by atoms with E-state index in [9.17, 15) is 81.3 Å². The number of unbranched alkanes of at least 4 members (excludes halogenated alkanes) is 2. The lowest BCUT2D eigenvalue weighted by Gasteiger charge is -2.33. The Morgan fingerprint density at radius 3 is 1.48 bits per heavy atom. The first-order chi connectivity index (χ1) is 55.8. The van der Waals surface area contributed by atoms with E-state index in [-0.39, 0.29) is 121 Å². The lowest BCUT2D eigenvalue weighted by molar-refractivity contribution is -0.140. The number of carboxylic acids is 3. The summed E-state index contributed by atoms with van der Waals surface area (Å²) >= 11 is 0. The zero-order valence-corrected chi connectivity index (χ0v) is 68.3. The van der Waals surface area contributed by atoms with E-state index in [2.05, 4.69) is 69.1 Å². The lowest BCUT2D eigenvalue weighted by Crippen LogP contribution is -2.61. The molecule has 2 saturated heterocycles. The first kappa shape index (κ1) is 98.4. The average Bonchev–Trinajstić information content (AvgIpc) is 0.900. The molecule has 9 atom stereocenters. The highest BCUT2D eigenvalue weighted by Crippen LogP contribution is 2.19. The van der Waals surface area contributed by atoms with E-state index < -0.39 is 211 Å². The Bertz CT molecular complexity index is 3940. The van der Waals surface area contributed by atoms with Crippen LogP contribution in [0.5, 0.6) is 5.75 Å². The third kappa shape index (κ3) is 38.5. The molecule has 3 aromatic carbocycles. The Labute approximate surface area is 685 Å². The average molecular weight is 1680 g/mol. The maximum absolute atomic E-state index is 15.3. The number of nitrogens with one attached hydrogen (secondary N) is 13. The van der Waals surface area contributed by atoms with Crippen molar-refractivity contribution in [1.29, 1.82) is 0 Å². The number of hydrogen-bond acceptors (Lipinski definition) is 26. The second-order valence-corrected chi connectivity index (χ2v) is 31.6. The second kappa shape index (κ2) is 50.6. The van der Waals surface area contributed by atoms with Gasteiger partial charge in [0.15, 0.2) is 0 Å². The summed E-state index contributed by atoms with van der Waals surface area (Å²) in [6.07, 6.45) is -1.60. The Morgan fingerprint density at radius 1 is 0.517 bits per heavy atom. The van der Waals surface area contributed by atoms with Crippen LogP contribution in [0.1, 0.15) is 110 Å². The molecule has 42 heteroatoms. The van der Waals surface area contributed by atoms with Gasteiger partial charge in [-0.15, -0.1) is 0 Å². The molecule has 0 saturated carbocycles. The molecule has 2 unspecified atom stereocenters. The molecular formula is C76H120N20O21S. The van der Waals surface area contributed by atoms with E-state index in [1.54, 1.807) is 24.3 Å². The van der Waals surface area contributed by atoms with Crippen LogP contribution in [-0.2, 0) is 90.1 Å². The van der Waals surface area contributed by atoms with Crippen LogP contribution in [0.2, 0.25) is 0 Å². The van der Waals surface area contributed by atoms with Gasteiger partial charge in [0.2, 0.25) is 65.0 Å². The van der Waals surface area contributed by atoms with Crippen LogP contribution >= 0.6 is 0 Å². The summed E-state index contributed by atoms with van der Waals surface area (Å²) in [6, 6.07) is 2.96. The van der Waals surface area contributed by atoms with Crippen molar-refractivity contribution < 1.29 is 101 Å². The SMILES string of the molecule is CC(C)NCCCC[C@H](NC(=O)[C@H]1CCC(=O)NC(CNC(=O)C(CS(=O)(=O)O)NC(=O)CN2CCN(CC(=O)O)CCN(CC(=O)O)CCN(CC(=O)O)CC2)C(=O)N[C@@H](Cc2ccc(O)cc2)C(=O)N[C@@H](CCCCNC(C)C)C(=O)N[C@H](CCCNC(N)N)C(=O)N[C@@H](Cc2ccc3ccccc3c2)C(=O)N[C@H](C)C(=O)N1)C(N)=O.